The number of hydrogen-bond acceptors (Lipinski definition) is 5. The first-order chi connectivity index (χ1) is 16.9. The molecule has 184 valence electrons. The second-order valence-corrected chi connectivity index (χ2v) is 9.07. The van der Waals surface area contributed by atoms with Crippen LogP contribution in [0.1, 0.15) is 57.6 Å². The molecule has 0 atom stereocenters. The van der Waals surface area contributed by atoms with E-state index in [0.717, 1.165) is 24.2 Å². The number of carbonyl (C=O) groups excluding carboxylic acids is 2. The topological polar surface area (TPSA) is 93.8 Å². The molecular weight excluding hydrogens is 446 g/mol. The van der Waals surface area contributed by atoms with Crippen LogP contribution in [0.5, 0.6) is 5.75 Å². The normalized spacial score (nSPS) is 14.1. The van der Waals surface area contributed by atoms with Crippen molar-refractivity contribution in [2.75, 3.05) is 20.2 Å². The van der Waals surface area contributed by atoms with Gasteiger partial charge in [0.25, 0.3) is 11.8 Å². The van der Waals surface area contributed by atoms with E-state index in [1.165, 1.54) is 6.20 Å². The molecule has 8 nitrogen and oxygen atoms in total. The molecule has 3 heterocycles. The molecular formula is C27H31N3O5. The molecule has 1 saturated heterocycles. The molecule has 0 aliphatic carbocycles. The Morgan fingerprint density at radius 1 is 1.09 bits per heavy atom. The summed E-state index contributed by atoms with van der Waals surface area (Å²) in [6.07, 6.45) is 4.82. The lowest BCUT2D eigenvalue weighted by molar-refractivity contribution is 0.0695. The van der Waals surface area contributed by atoms with Crippen LogP contribution < -0.4 is 15.5 Å². The molecule has 35 heavy (non-hydrogen) atoms. The van der Waals surface area contributed by atoms with Crippen molar-refractivity contribution in [2.24, 2.45) is 5.92 Å². The van der Waals surface area contributed by atoms with Crippen molar-refractivity contribution in [3.63, 3.8) is 0 Å². The van der Waals surface area contributed by atoms with E-state index in [1.54, 1.807) is 34.9 Å². The maximum atomic E-state index is 13.4. The number of amides is 2. The van der Waals surface area contributed by atoms with E-state index in [9.17, 15) is 14.4 Å². The second kappa shape index (κ2) is 10.6. The fraction of sp³-hybridized carbons (Fsp3) is 0.370. The van der Waals surface area contributed by atoms with E-state index in [4.69, 9.17) is 9.15 Å². The minimum atomic E-state index is -0.571. The Morgan fingerprint density at radius 2 is 1.80 bits per heavy atom. The molecule has 0 bridgehead atoms. The first-order valence-corrected chi connectivity index (χ1v) is 11.8. The largest absolute Gasteiger partial charge is 0.496 e. The highest BCUT2D eigenvalue weighted by Gasteiger charge is 2.26. The van der Waals surface area contributed by atoms with Gasteiger partial charge in [0.1, 0.15) is 28.4 Å². The Balaban J connectivity index is 1.67. The summed E-state index contributed by atoms with van der Waals surface area (Å²) in [6, 6.07) is 11.1. The second-order valence-electron chi connectivity index (χ2n) is 9.07. The molecule has 4 rings (SSSR count). The molecule has 1 N–H and O–H groups in total. The molecule has 0 unspecified atom stereocenters. The van der Waals surface area contributed by atoms with Crippen LogP contribution in [0.2, 0.25) is 0 Å². The van der Waals surface area contributed by atoms with Gasteiger partial charge in [-0.1, -0.05) is 25.1 Å². The van der Waals surface area contributed by atoms with E-state index in [1.807, 2.05) is 31.2 Å². The number of para-hydroxylation sites is 1. The summed E-state index contributed by atoms with van der Waals surface area (Å²) in [6.45, 7) is 5.65. The molecule has 1 fully saturated rings. The van der Waals surface area contributed by atoms with E-state index >= 15 is 0 Å². The summed E-state index contributed by atoms with van der Waals surface area (Å²) < 4.78 is 12.7. The summed E-state index contributed by atoms with van der Waals surface area (Å²) in [5.74, 6) is 1.65. The number of pyridine rings is 1. The molecule has 1 aliphatic rings. The van der Waals surface area contributed by atoms with Crippen molar-refractivity contribution in [2.45, 2.75) is 39.8 Å². The number of nitrogens with one attached hydrogen (secondary N) is 1. The van der Waals surface area contributed by atoms with Gasteiger partial charge in [0.2, 0.25) is 5.43 Å². The lowest BCUT2D eigenvalue weighted by atomic mass is 9.98. The molecule has 1 aromatic carbocycles. The first-order valence-electron chi connectivity index (χ1n) is 11.8. The van der Waals surface area contributed by atoms with E-state index in [2.05, 4.69) is 12.2 Å². The Kier molecular flexibility index (Phi) is 7.39. The number of benzene rings is 1. The number of methoxy groups -OCH3 is 1. The van der Waals surface area contributed by atoms with Crippen LogP contribution in [0.4, 0.5) is 0 Å². The van der Waals surface area contributed by atoms with E-state index in [0.29, 0.717) is 37.1 Å². The lowest BCUT2D eigenvalue weighted by Gasteiger charge is -2.30. The maximum Gasteiger partial charge on any atom is 0.259 e. The van der Waals surface area contributed by atoms with E-state index < -0.39 is 11.3 Å². The molecule has 3 aromatic rings. The summed E-state index contributed by atoms with van der Waals surface area (Å²) in [4.78, 5) is 41.4. The minimum Gasteiger partial charge on any atom is -0.496 e. The van der Waals surface area contributed by atoms with Gasteiger partial charge >= 0.3 is 0 Å². The van der Waals surface area contributed by atoms with Crippen LogP contribution >= 0.6 is 0 Å². The number of carbonyl (C=O) groups is 2. The highest BCUT2D eigenvalue weighted by atomic mass is 16.5. The molecule has 2 amide bonds. The zero-order valence-corrected chi connectivity index (χ0v) is 20.4. The van der Waals surface area contributed by atoms with Crippen LogP contribution in [0.3, 0.4) is 0 Å². The third kappa shape index (κ3) is 5.65. The number of aromatic nitrogens is 1. The van der Waals surface area contributed by atoms with Gasteiger partial charge in [-0.25, -0.2) is 0 Å². The van der Waals surface area contributed by atoms with Gasteiger partial charge in [-0.15, -0.1) is 0 Å². The summed E-state index contributed by atoms with van der Waals surface area (Å²) >= 11 is 0. The Labute approximate surface area is 204 Å². The van der Waals surface area contributed by atoms with Crippen LogP contribution in [0, 0.1) is 12.8 Å². The van der Waals surface area contributed by atoms with Crippen LogP contribution in [-0.2, 0) is 13.1 Å². The number of aryl methyl sites for hydroxylation is 1. The average Bonchev–Trinajstić information content (AvgIpc) is 3.29. The molecule has 0 spiro atoms. The SMILES string of the molecule is COc1ccccc1Cn1cc(C(=O)NCc2ccc(C)o2)c(=O)c(C(=O)N2CCC(C)CC2)c1. The van der Waals surface area contributed by atoms with Crippen molar-refractivity contribution < 1.29 is 18.7 Å². The highest BCUT2D eigenvalue weighted by Crippen LogP contribution is 2.20. The Bertz CT molecular complexity index is 1270. The first kappa shape index (κ1) is 24.3. The smallest absolute Gasteiger partial charge is 0.259 e. The summed E-state index contributed by atoms with van der Waals surface area (Å²) in [5.41, 5.74) is 0.203. The zero-order chi connectivity index (χ0) is 24.9. The van der Waals surface area contributed by atoms with Gasteiger partial charge in [0.05, 0.1) is 20.2 Å². The quantitative estimate of drug-likeness (QED) is 0.561. The zero-order valence-electron chi connectivity index (χ0n) is 20.4. The molecule has 0 radical (unpaired) electrons. The molecule has 0 saturated carbocycles. The third-order valence-electron chi connectivity index (χ3n) is 6.39. The maximum absolute atomic E-state index is 13.4. The van der Waals surface area contributed by atoms with E-state index in [-0.39, 0.29) is 23.6 Å². The fourth-order valence-electron chi connectivity index (χ4n) is 4.29. The van der Waals surface area contributed by atoms with Crippen molar-refractivity contribution in [3.8, 4) is 5.75 Å². The van der Waals surface area contributed by atoms with Gasteiger partial charge in [-0.05, 0) is 43.9 Å². The van der Waals surface area contributed by atoms with Crippen LogP contribution in [0.15, 0.2) is 58.0 Å². The summed E-state index contributed by atoms with van der Waals surface area (Å²) in [7, 11) is 1.59. The highest BCUT2D eigenvalue weighted by molar-refractivity contribution is 5.99. The molecule has 1 aliphatic heterocycles. The van der Waals surface area contributed by atoms with Crippen molar-refractivity contribution in [1.82, 2.24) is 14.8 Å². The number of hydrogen-bond donors (Lipinski definition) is 1. The standard InChI is InChI=1S/C27H31N3O5/c1-18-10-12-30(13-11-18)27(33)23-17-29(15-20-6-4-5-7-24(20)34-3)16-22(25(23)31)26(32)28-14-21-9-8-19(2)35-21/h4-9,16-18H,10-15H2,1-3H3,(H,28,32). The van der Waals surface area contributed by atoms with Gasteiger partial charge < -0.3 is 23.9 Å². The number of ether oxygens (including phenoxy) is 1. The lowest BCUT2D eigenvalue weighted by Crippen LogP contribution is -2.41. The third-order valence-corrected chi connectivity index (χ3v) is 6.39. The number of rotatable bonds is 7. The minimum absolute atomic E-state index is 0.00376. The number of furan rings is 1. The average molecular weight is 478 g/mol. The monoisotopic (exact) mass is 477 g/mol. The van der Waals surface area contributed by atoms with Crippen molar-refractivity contribution >= 4 is 11.8 Å². The predicted molar refractivity (Wildman–Crippen MR) is 132 cm³/mol. The van der Waals surface area contributed by atoms with Gasteiger partial charge in [-0.2, -0.15) is 0 Å². The molecule has 8 heteroatoms. The van der Waals surface area contributed by atoms with Crippen LogP contribution in [-0.4, -0.2) is 41.5 Å². The van der Waals surface area contributed by atoms with Crippen LogP contribution in [0.25, 0.3) is 0 Å². The van der Waals surface area contributed by atoms with Crippen molar-refractivity contribution in [1.29, 1.82) is 0 Å². The van der Waals surface area contributed by atoms with Gasteiger partial charge in [0, 0.05) is 31.0 Å². The number of likely N-dealkylation sites (tertiary alicyclic amines) is 1. The molecule has 2 aromatic heterocycles. The predicted octanol–water partition coefficient (Wildman–Crippen LogP) is 3.61. The van der Waals surface area contributed by atoms with Crippen molar-refractivity contribution in [3.05, 3.63) is 87.2 Å². The number of piperidine rings is 1. The van der Waals surface area contributed by atoms with Gasteiger partial charge in [-0.3, -0.25) is 14.4 Å². The fourth-order valence-corrected chi connectivity index (χ4v) is 4.29. The Hall–Kier alpha value is -3.81. The Morgan fingerprint density at radius 3 is 2.49 bits per heavy atom. The van der Waals surface area contributed by atoms with Gasteiger partial charge in [0.15, 0.2) is 0 Å². The number of nitrogens with zero attached hydrogens (tertiary/aromatic N) is 2. The summed E-state index contributed by atoms with van der Waals surface area (Å²) in [5, 5.41) is 2.74.